The molecule has 26 heavy (non-hydrogen) atoms. The number of morpholine rings is 1. The van der Waals surface area contributed by atoms with Crippen molar-refractivity contribution in [2.24, 2.45) is 0 Å². The van der Waals surface area contributed by atoms with E-state index < -0.39 is 10.9 Å². The predicted octanol–water partition coefficient (Wildman–Crippen LogP) is 0.771. The zero-order valence-corrected chi connectivity index (χ0v) is 14.7. The van der Waals surface area contributed by atoms with Crippen LogP contribution in [-0.2, 0) is 20.7 Å². The van der Waals surface area contributed by atoms with Crippen molar-refractivity contribution in [2.75, 3.05) is 39.8 Å². The number of ether oxygens (including phenoxy) is 1. The number of carbonyl (C=O) groups excluding carboxylic acids is 1. The Morgan fingerprint density at radius 3 is 2.92 bits per heavy atom. The van der Waals surface area contributed by atoms with E-state index in [0.29, 0.717) is 32.7 Å². The molecular weight excluding hydrogens is 342 g/mol. The number of carboxylic acid groups (broad SMARTS) is 1. The number of hydrogen-bond acceptors (Lipinski definition) is 6. The number of nitro benzene ring substituents is 1. The lowest BCUT2D eigenvalue weighted by molar-refractivity contribution is -0.384. The van der Waals surface area contributed by atoms with Crippen LogP contribution in [0.1, 0.15) is 12.0 Å². The fourth-order valence-electron chi connectivity index (χ4n) is 2.93. The van der Waals surface area contributed by atoms with Crippen molar-refractivity contribution in [3.8, 4) is 0 Å². The molecule has 0 spiro atoms. The maximum Gasteiger partial charge on any atom is 0.317 e. The van der Waals surface area contributed by atoms with Crippen molar-refractivity contribution in [1.82, 2.24) is 9.80 Å². The van der Waals surface area contributed by atoms with Crippen molar-refractivity contribution < 1.29 is 24.4 Å². The van der Waals surface area contributed by atoms with E-state index in [0.717, 1.165) is 5.56 Å². The fourth-order valence-corrected chi connectivity index (χ4v) is 2.93. The van der Waals surface area contributed by atoms with Gasteiger partial charge in [0, 0.05) is 38.2 Å². The number of carbonyl (C=O) groups is 2. The van der Waals surface area contributed by atoms with E-state index in [-0.39, 0.29) is 30.7 Å². The zero-order chi connectivity index (χ0) is 19.1. The van der Waals surface area contributed by atoms with Crippen LogP contribution in [0.25, 0.3) is 0 Å². The average molecular weight is 365 g/mol. The van der Waals surface area contributed by atoms with Gasteiger partial charge in [-0.15, -0.1) is 0 Å². The quantitative estimate of drug-likeness (QED) is 0.535. The molecule has 1 aromatic rings. The minimum Gasteiger partial charge on any atom is -0.480 e. The molecule has 0 saturated carbocycles. The first-order valence-electron chi connectivity index (χ1n) is 8.38. The molecule has 9 heteroatoms. The van der Waals surface area contributed by atoms with Crippen molar-refractivity contribution in [3.05, 3.63) is 39.9 Å². The van der Waals surface area contributed by atoms with Gasteiger partial charge in [-0.05, 0) is 19.0 Å². The number of amides is 1. The highest BCUT2D eigenvalue weighted by atomic mass is 16.6. The zero-order valence-electron chi connectivity index (χ0n) is 14.7. The summed E-state index contributed by atoms with van der Waals surface area (Å²) in [7, 11) is 1.69. The number of non-ortho nitro benzene ring substituents is 1. The molecule has 0 radical (unpaired) electrons. The summed E-state index contributed by atoms with van der Waals surface area (Å²) in [6.45, 7) is 1.67. The molecule has 1 fully saturated rings. The Kier molecular flexibility index (Phi) is 7.05. The molecule has 0 bridgehead atoms. The summed E-state index contributed by atoms with van der Waals surface area (Å²) in [5.74, 6) is -0.945. The van der Waals surface area contributed by atoms with Crippen LogP contribution in [0.2, 0.25) is 0 Å². The lowest BCUT2D eigenvalue weighted by Crippen LogP contribution is -2.49. The summed E-state index contributed by atoms with van der Waals surface area (Å²) >= 11 is 0. The minimum absolute atomic E-state index is 0.0165. The van der Waals surface area contributed by atoms with Gasteiger partial charge in [0.25, 0.3) is 5.69 Å². The van der Waals surface area contributed by atoms with Crippen LogP contribution in [0.5, 0.6) is 0 Å². The van der Waals surface area contributed by atoms with E-state index in [2.05, 4.69) is 0 Å². The second-order valence-corrected chi connectivity index (χ2v) is 6.35. The number of aryl methyl sites for hydroxylation is 1. The fraction of sp³-hybridized carbons (Fsp3) is 0.529. The number of hydrogen-bond donors (Lipinski definition) is 1. The van der Waals surface area contributed by atoms with Crippen LogP contribution in [0, 0.1) is 10.1 Å². The first kappa shape index (κ1) is 19.8. The molecule has 1 unspecified atom stereocenters. The van der Waals surface area contributed by atoms with Gasteiger partial charge in [0.05, 0.1) is 24.2 Å². The molecule has 1 N–H and O–H groups in total. The highest BCUT2D eigenvalue weighted by Gasteiger charge is 2.25. The normalized spacial score (nSPS) is 17.3. The summed E-state index contributed by atoms with van der Waals surface area (Å²) in [6, 6.07) is 6.28. The Balaban J connectivity index is 1.84. The van der Waals surface area contributed by atoms with Gasteiger partial charge in [0.15, 0.2) is 0 Å². The van der Waals surface area contributed by atoms with Crippen LogP contribution in [-0.4, -0.2) is 77.6 Å². The maximum absolute atomic E-state index is 12.4. The van der Waals surface area contributed by atoms with E-state index in [1.165, 1.54) is 12.1 Å². The second-order valence-electron chi connectivity index (χ2n) is 6.35. The summed E-state index contributed by atoms with van der Waals surface area (Å²) in [5, 5.41) is 19.6. The van der Waals surface area contributed by atoms with E-state index in [4.69, 9.17) is 9.84 Å². The monoisotopic (exact) mass is 365 g/mol. The second kappa shape index (κ2) is 9.25. The minimum atomic E-state index is -0.909. The first-order chi connectivity index (χ1) is 12.3. The van der Waals surface area contributed by atoms with Gasteiger partial charge in [-0.25, -0.2) is 0 Å². The van der Waals surface area contributed by atoms with Crippen LogP contribution < -0.4 is 0 Å². The van der Waals surface area contributed by atoms with Crippen molar-refractivity contribution in [3.63, 3.8) is 0 Å². The van der Waals surface area contributed by atoms with Crippen molar-refractivity contribution in [1.29, 1.82) is 0 Å². The molecule has 1 aromatic carbocycles. The van der Waals surface area contributed by atoms with Gasteiger partial charge in [0.1, 0.15) is 0 Å². The SMILES string of the molecule is CN(CC(=O)O)CC1CN(C(=O)CCc2cccc([N+](=O)[O-])c2)CCO1. The highest BCUT2D eigenvalue weighted by molar-refractivity contribution is 5.76. The summed E-state index contributed by atoms with van der Waals surface area (Å²) in [6.07, 6.45) is 0.468. The standard InChI is InChI=1S/C17H23N3O6/c1-18(12-17(22)23)10-15-11-19(7-8-26-15)16(21)6-5-13-3-2-4-14(9-13)20(24)25/h2-4,9,15H,5-8,10-12H2,1H3,(H,22,23). The molecule has 1 atom stereocenters. The third-order valence-corrected chi connectivity index (χ3v) is 4.16. The predicted molar refractivity (Wildman–Crippen MR) is 92.9 cm³/mol. The number of aliphatic carboxylic acids is 1. The Hall–Kier alpha value is -2.52. The lowest BCUT2D eigenvalue weighted by atomic mass is 10.1. The smallest absolute Gasteiger partial charge is 0.317 e. The molecular formula is C17H23N3O6. The van der Waals surface area contributed by atoms with Crippen LogP contribution in [0.4, 0.5) is 5.69 Å². The first-order valence-corrected chi connectivity index (χ1v) is 8.38. The Bertz CT molecular complexity index is 666. The van der Waals surface area contributed by atoms with Gasteiger partial charge < -0.3 is 14.7 Å². The van der Waals surface area contributed by atoms with Gasteiger partial charge in [-0.3, -0.25) is 24.6 Å². The topological polar surface area (TPSA) is 113 Å². The molecule has 9 nitrogen and oxygen atoms in total. The van der Waals surface area contributed by atoms with E-state index in [1.807, 2.05) is 0 Å². The molecule has 0 aliphatic carbocycles. The van der Waals surface area contributed by atoms with Crippen molar-refractivity contribution in [2.45, 2.75) is 18.9 Å². The molecule has 142 valence electrons. The molecule has 1 saturated heterocycles. The van der Waals surface area contributed by atoms with Gasteiger partial charge in [-0.1, -0.05) is 12.1 Å². The van der Waals surface area contributed by atoms with E-state index in [9.17, 15) is 19.7 Å². The summed E-state index contributed by atoms with van der Waals surface area (Å²) in [4.78, 5) is 36.9. The molecule has 2 rings (SSSR count). The molecule has 0 aromatic heterocycles. The third kappa shape index (κ3) is 6.08. The van der Waals surface area contributed by atoms with E-state index >= 15 is 0 Å². The lowest BCUT2D eigenvalue weighted by Gasteiger charge is -2.34. The average Bonchev–Trinajstić information content (AvgIpc) is 2.59. The Morgan fingerprint density at radius 2 is 2.23 bits per heavy atom. The number of rotatable bonds is 8. The molecule has 1 heterocycles. The van der Waals surface area contributed by atoms with Gasteiger partial charge in [0.2, 0.25) is 5.91 Å². The maximum atomic E-state index is 12.4. The Morgan fingerprint density at radius 1 is 1.46 bits per heavy atom. The van der Waals surface area contributed by atoms with Crippen LogP contribution in [0.3, 0.4) is 0 Å². The number of nitrogens with zero attached hydrogens (tertiary/aromatic N) is 3. The Labute approximate surface area is 151 Å². The summed E-state index contributed by atoms with van der Waals surface area (Å²) < 4.78 is 5.61. The highest BCUT2D eigenvalue weighted by Crippen LogP contribution is 2.15. The summed E-state index contributed by atoms with van der Waals surface area (Å²) in [5.41, 5.74) is 0.765. The largest absolute Gasteiger partial charge is 0.480 e. The third-order valence-electron chi connectivity index (χ3n) is 4.16. The number of benzene rings is 1. The van der Waals surface area contributed by atoms with Gasteiger partial charge >= 0.3 is 5.97 Å². The molecule has 1 amide bonds. The number of likely N-dealkylation sites (N-methyl/N-ethyl adjacent to an activating group) is 1. The molecule has 1 aliphatic rings. The van der Waals surface area contributed by atoms with Gasteiger partial charge in [-0.2, -0.15) is 0 Å². The number of carboxylic acids is 1. The molecule has 1 aliphatic heterocycles. The van der Waals surface area contributed by atoms with Crippen LogP contribution >= 0.6 is 0 Å². The van der Waals surface area contributed by atoms with Crippen LogP contribution in [0.15, 0.2) is 24.3 Å². The van der Waals surface area contributed by atoms with Crippen molar-refractivity contribution >= 4 is 17.6 Å². The number of nitro groups is 1. The van der Waals surface area contributed by atoms with E-state index in [1.54, 1.807) is 29.0 Å².